The summed E-state index contributed by atoms with van der Waals surface area (Å²) in [7, 11) is 0. The van der Waals surface area contributed by atoms with Gasteiger partial charge < -0.3 is 18.9 Å². The Hall–Kier alpha value is -5.87. The first-order valence-electron chi connectivity index (χ1n) is 23.1. The number of ether oxygens (including phenoxy) is 4. The van der Waals surface area contributed by atoms with Crippen LogP contribution in [0.25, 0.3) is 0 Å². The molecule has 0 aliphatic carbocycles. The fraction of sp³-hybridized carbons (Fsp3) is 0.370. The maximum absolute atomic E-state index is 14.7. The fourth-order valence-corrected chi connectivity index (χ4v) is 7.03. The first-order chi connectivity index (χ1) is 31.7. The van der Waals surface area contributed by atoms with Crippen molar-refractivity contribution in [2.75, 3.05) is 13.2 Å². The molecule has 0 aliphatic heterocycles. The van der Waals surface area contributed by atoms with E-state index in [1.165, 1.54) is 107 Å². The van der Waals surface area contributed by atoms with E-state index in [1.54, 1.807) is 85.2 Å². The predicted octanol–water partition coefficient (Wildman–Crippen LogP) is 15.6. The highest BCUT2D eigenvalue weighted by Gasteiger charge is 2.15. The molecule has 0 unspecified atom stereocenters. The van der Waals surface area contributed by atoms with Gasteiger partial charge in [-0.2, -0.15) is 0 Å². The zero-order valence-corrected chi connectivity index (χ0v) is 38.4. The zero-order valence-electron chi connectivity index (χ0n) is 37.7. The van der Waals surface area contributed by atoms with E-state index in [1.807, 2.05) is 0 Å². The van der Waals surface area contributed by atoms with Crippen LogP contribution in [0.3, 0.4) is 0 Å². The van der Waals surface area contributed by atoms with Gasteiger partial charge in [-0.3, -0.25) is 9.98 Å². The van der Waals surface area contributed by atoms with E-state index in [9.17, 15) is 18.4 Å². The highest BCUT2D eigenvalue weighted by molar-refractivity contribution is 6.32. The van der Waals surface area contributed by atoms with Gasteiger partial charge in [0.15, 0.2) is 28.9 Å². The van der Waals surface area contributed by atoms with Gasteiger partial charge in [0.1, 0.15) is 5.75 Å². The number of nitrogens with zero attached hydrogens (tertiary/aromatic N) is 2. The summed E-state index contributed by atoms with van der Waals surface area (Å²) in [6, 6.07) is 26.6. The van der Waals surface area contributed by atoms with Gasteiger partial charge in [0.05, 0.1) is 40.7 Å². The quantitative estimate of drug-likeness (QED) is 0.0215. The monoisotopic (exact) mass is 906 g/mol. The van der Waals surface area contributed by atoms with Gasteiger partial charge in [0.2, 0.25) is 0 Å². The van der Waals surface area contributed by atoms with Gasteiger partial charge in [-0.25, -0.2) is 18.4 Å². The molecule has 65 heavy (non-hydrogen) atoms. The van der Waals surface area contributed by atoms with Crippen molar-refractivity contribution in [3.63, 3.8) is 0 Å². The minimum atomic E-state index is -0.679. The van der Waals surface area contributed by atoms with E-state index >= 15 is 0 Å². The average molecular weight is 908 g/mol. The minimum Gasteiger partial charge on any atom is -0.491 e. The van der Waals surface area contributed by atoms with E-state index in [0.29, 0.717) is 35.7 Å². The maximum atomic E-state index is 14.7. The van der Waals surface area contributed by atoms with Crippen molar-refractivity contribution < 1.29 is 37.3 Å². The van der Waals surface area contributed by atoms with Gasteiger partial charge in [-0.1, -0.05) is 140 Å². The Kier molecular flexibility index (Phi) is 21.7. The number of carbonyl (C=O) groups is 2. The smallest absolute Gasteiger partial charge is 0.343 e. The van der Waals surface area contributed by atoms with Crippen molar-refractivity contribution >= 4 is 47.3 Å². The molecule has 0 radical (unpaired) electrons. The van der Waals surface area contributed by atoms with Gasteiger partial charge in [0, 0.05) is 30.6 Å². The molecule has 5 aromatic rings. The molecule has 0 aliphatic rings. The van der Waals surface area contributed by atoms with Crippen molar-refractivity contribution in [2.24, 2.45) is 9.98 Å². The van der Waals surface area contributed by atoms with Crippen molar-refractivity contribution in [1.82, 2.24) is 0 Å². The Balaban J connectivity index is 1.05. The fourth-order valence-electron chi connectivity index (χ4n) is 6.87. The maximum Gasteiger partial charge on any atom is 0.343 e. The lowest BCUT2D eigenvalue weighted by Crippen LogP contribution is -2.10. The van der Waals surface area contributed by atoms with Crippen LogP contribution < -0.4 is 18.9 Å². The Morgan fingerprint density at radius 3 is 1.34 bits per heavy atom. The lowest BCUT2D eigenvalue weighted by Gasteiger charge is -2.10. The van der Waals surface area contributed by atoms with Gasteiger partial charge in [0.25, 0.3) is 0 Å². The summed E-state index contributed by atoms with van der Waals surface area (Å²) in [5.41, 5.74) is 2.73. The van der Waals surface area contributed by atoms with Crippen LogP contribution in [0.2, 0.25) is 5.02 Å². The average Bonchev–Trinajstić information content (AvgIpc) is 3.31. The van der Waals surface area contributed by atoms with Crippen LogP contribution in [0.5, 0.6) is 23.0 Å². The Bertz CT molecular complexity index is 2300. The Morgan fingerprint density at radius 1 is 0.492 bits per heavy atom. The van der Waals surface area contributed by atoms with E-state index < -0.39 is 23.6 Å². The molecule has 0 saturated carbocycles. The third kappa shape index (κ3) is 17.9. The van der Waals surface area contributed by atoms with Gasteiger partial charge >= 0.3 is 11.9 Å². The number of carbonyl (C=O) groups excluding carboxylic acids is 2. The van der Waals surface area contributed by atoms with Crippen LogP contribution in [0.4, 0.5) is 20.2 Å². The summed E-state index contributed by atoms with van der Waals surface area (Å²) in [5.74, 6) is -1.73. The molecule has 5 aromatic carbocycles. The van der Waals surface area contributed by atoms with Crippen LogP contribution in [0, 0.1) is 11.6 Å². The number of aliphatic imine (C=N–C) groups is 2. The second-order valence-corrected chi connectivity index (χ2v) is 16.4. The van der Waals surface area contributed by atoms with E-state index in [4.69, 9.17) is 30.5 Å². The Labute approximate surface area is 388 Å². The molecule has 0 atom stereocenters. The molecular formula is C54H61ClF2N2O6. The number of unbranched alkanes of at least 4 members (excludes halogenated alkanes) is 14. The summed E-state index contributed by atoms with van der Waals surface area (Å²) >= 11 is 6.34. The molecule has 5 rings (SSSR count). The molecule has 344 valence electrons. The number of esters is 2. The van der Waals surface area contributed by atoms with Gasteiger partial charge in [-0.05, 0) is 84.6 Å². The number of halogens is 3. The molecule has 0 fully saturated rings. The highest BCUT2D eigenvalue weighted by Crippen LogP contribution is 2.31. The molecule has 0 amide bonds. The van der Waals surface area contributed by atoms with Crippen molar-refractivity contribution in [3.05, 3.63) is 142 Å². The highest BCUT2D eigenvalue weighted by atomic mass is 35.5. The second kappa shape index (κ2) is 28.1. The van der Waals surface area contributed by atoms with Crippen molar-refractivity contribution in [1.29, 1.82) is 0 Å². The zero-order chi connectivity index (χ0) is 46.1. The van der Waals surface area contributed by atoms with Gasteiger partial charge in [-0.15, -0.1) is 0 Å². The first-order valence-corrected chi connectivity index (χ1v) is 23.5. The predicted molar refractivity (Wildman–Crippen MR) is 258 cm³/mol. The summed E-state index contributed by atoms with van der Waals surface area (Å²) < 4.78 is 51.8. The molecule has 0 bridgehead atoms. The standard InChI is InChI=1S/C54H61ClF2N2O6/c1-3-5-7-9-11-13-15-17-33-62-50-31-27-44(35-48(50)56)58-38-40-19-23-42(24-20-40)53(60)64-46-29-30-47(55)52(37-46)65-54(61)43-25-21-41(22-26-43)39-59-45-28-32-51(49(57)36-45)63-34-18-16-14-12-10-8-6-4-2/h19-32,35-39H,3-18,33-34H2,1-2H3. The normalized spacial score (nSPS) is 11.3. The van der Waals surface area contributed by atoms with Crippen LogP contribution in [-0.4, -0.2) is 37.6 Å². The Morgan fingerprint density at radius 2 is 0.908 bits per heavy atom. The largest absolute Gasteiger partial charge is 0.491 e. The van der Waals surface area contributed by atoms with Crippen LogP contribution in [0.15, 0.2) is 113 Å². The van der Waals surface area contributed by atoms with Crippen molar-refractivity contribution in [2.45, 2.75) is 117 Å². The third-order valence-electron chi connectivity index (χ3n) is 10.7. The van der Waals surface area contributed by atoms with E-state index in [2.05, 4.69) is 23.8 Å². The lowest BCUT2D eigenvalue weighted by atomic mass is 10.1. The van der Waals surface area contributed by atoms with Crippen LogP contribution in [0.1, 0.15) is 148 Å². The summed E-state index contributed by atoms with van der Waals surface area (Å²) in [6.45, 7) is 5.37. The molecule has 0 spiro atoms. The summed E-state index contributed by atoms with van der Waals surface area (Å²) in [5, 5.41) is 0.142. The van der Waals surface area contributed by atoms with Crippen LogP contribution in [-0.2, 0) is 0 Å². The lowest BCUT2D eigenvalue weighted by molar-refractivity contribution is 0.0732. The molecule has 8 nitrogen and oxygen atoms in total. The van der Waals surface area contributed by atoms with E-state index in [0.717, 1.165) is 25.7 Å². The van der Waals surface area contributed by atoms with Crippen LogP contribution >= 0.6 is 11.6 Å². The third-order valence-corrected chi connectivity index (χ3v) is 11.0. The minimum absolute atomic E-state index is 0.00551. The molecule has 11 heteroatoms. The molecule has 0 saturated heterocycles. The summed E-state index contributed by atoms with van der Waals surface area (Å²) in [4.78, 5) is 34.8. The summed E-state index contributed by atoms with van der Waals surface area (Å²) in [6.07, 6.45) is 22.1. The molecule has 0 heterocycles. The number of benzene rings is 5. The second-order valence-electron chi connectivity index (χ2n) is 16.0. The molecule has 0 N–H and O–H groups in total. The topological polar surface area (TPSA) is 95.8 Å². The number of rotatable bonds is 28. The number of hydrogen-bond acceptors (Lipinski definition) is 8. The molecule has 0 aromatic heterocycles. The SMILES string of the molecule is CCCCCCCCCCOc1ccc(N=Cc2ccc(C(=O)Oc3ccc(Cl)c(OC(=O)c4ccc(C=Nc5ccc(OCCCCCCCCCC)c(F)c5)cc4)c3)cc2)cc1F. The molecular weight excluding hydrogens is 846 g/mol. The van der Waals surface area contributed by atoms with Crippen molar-refractivity contribution in [3.8, 4) is 23.0 Å². The first kappa shape index (κ1) is 50.1. The number of hydrogen-bond donors (Lipinski definition) is 0. The van der Waals surface area contributed by atoms with E-state index in [-0.39, 0.29) is 39.1 Å².